The first-order valence-corrected chi connectivity index (χ1v) is 10.7. The van der Waals surface area contributed by atoms with E-state index in [0.717, 1.165) is 59.3 Å². The van der Waals surface area contributed by atoms with Crippen molar-refractivity contribution in [2.75, 3.05) is 13.1 Å². The molecule has 154 valence electrons. The summed E-state index contributed by atoms with van der Waals surface area (Å²) in [5, 5.41) is 2.32. The van der Waals surface area contributed by atoms with Crippen LogP contribution in [0.25, 0.3) is 32.9 Å². The van der Waals surface area contributed by atoms with Crippen LogP contribution in [0.1, 0.15) is 34.9 Å². The molecule has 1 aliphatic rings. The first kappa shape index (κ1) is 18.0. The van der Waals surface area contributed by atoms with Gasteiger partial charge >= 0.3 is 0 Å². The average molecular weight is 409 g/mol. The molecule has 0 atom stereocenters. The first-order chi connectivity index (χ1) is 15.3. The maximum Gasteiger partial charge on any atom is 0.253 e. The monoisotopic (exact) mass is 409 g/mol. The van der Waals surface area contributed by atoms with Crippen molar-refractivity contribution in [3.8, 4) is 11.1 Å². The average Bonchev–Trinajstić information content (AvgIpc) is 3.57. The summed E-state index contributed by atoms with van der Waals surface area (Å²) in [6, 6.07) is 14.3. The number of nitrogens with zero attached hydrogens (tertiary/aromatic N) is 2. The van der Waals surface area contributed by atoms with Crippen molar-refractivity contribution < 1.29 is 4.79 Å². The summed E-state index contributed by atoms with van der Waals surface area (Å²) in [6.45, 7) is 1.51. The molecule has 0 aliphatic carbocycles. The van der Waals surface area contributed by atoms with Gasteiger partial charge < -0.3 is 19.9 Å². The molecule has 0 spiro atoms. The Kier molecular flexibility index (Phi) is 4.16. The highest BCUT2D eigenvalue weighted by atomic mass is 16.2. The summed E-state index contributed by atoms with van der Waals surface area (Å²) in [6.07, 6.45) is 9.62. The molecular formula is C25H23N5O. The maximum absolute atomic E-state index is 13.1. The Morgan fingerprint density at radius 2 is 1.65 bits per heavy atom. The molecule has 1 aliphatic heterocycles. The number of carbonyl (C=O) groups is 1. The number of aromatic nitrogens is 4. The minimum atomic E-state index is 0.100. The lowest BCUT2D eigenvalue weighted by Gasteiger charge is -2.31. The van der Waals surface area contributed by atoms with E-state index in [9.17, 15) is 4.79 Å². The Labute approximate surface area is 179 Å². The predicted octanol–water partition coefficient (Wildman–Crippen LogP) is 5.06. The van der Waals surface area contributed by atoms with E-state index in [2.05, 4.69) is 50.4 Å². The molecule has 3 aromatic heterocycles. The number of nitrogens with one attached hydrogen (secondary N) is 3. The van der Waals surface area contributed by atoms with Crippen molar-refractivity contribution in [3.63, 3.8) is 0 Å². The van der Waals surface area contributed by atoms with E-state index in [1.807, 2.05) is 35.5 Å². The Balaban J connectivity index is 1.25. The fraction of sp³-hybridized carbons (Fsp3) is 0.200. The lowest BCUT2D eigenvalue weighted by molar-refractivity contribution is 0.0711. The molecule has 6 heteroatoms. The van der Waals surface area contributed by atoms with Crippen LogP contribution >= 0.6 is 0 Å². The third-order valence-electron chi connectivity index (χ3n) is 6.50. The van der Waals surface area contributed by atoms with Gasteiger partial charge in [0.2, 0.25) is 0 Å². The summed E-state index contributed by atoms with van der Waals surface area (Å²) < 4.78 is 0. The van der Waals surface area contributed by atoms with E-state index in [1.165, 1.54) is 10.9 Å². The topological polar surface area (TPSA) is 80.6 Å². The van der Waals surface area contributed by atoms with Crippen LogP contribution in [0.5, 0.6) is 0 Å². The fourth-order valence-corrected chi connectivity index (χ4v) is 4.82. The summed E-state index contributed by atoms with van der Waals surface area (Å²) in [5.74, 6) is 1.54. The van der Waals surface area contributed by atoms with Gasteiger partial charge in [0.25, 0.3) is 5.91 Å². The number of piperidine rings is 1. The Morgan fingerprint density at radius 1 is 0.903 bits per heavy atom. The van der Waals surface area contributed by atoms with Crippen molar-refractivity contribution in [2.45, 2.75) is 18.8 Å². The minimum Gasteiger partial charge on any atom is -0.361 e. The van der Waals surface area contributed by atoms with E-state index in [4.69, 9.17) is 0 Å². The normalized spacial score (nSPS) is 15.2. The molecule has 1 fully saturated rings. The molecule has 6 nitrogen and oxygen atoms in total. The Bertz CT molecular complexity index is 1370. The van der Waals surface area contributed by atoms with E-state index in [-0.39, 0.29) is 5.91 Å². The summed E-state index contributed by atoms with van der Waals surface area (Å²) >= 11 is 0. The van der Waals surface area contributed by atoms with Crippen LogP contribution in [0.15, 0.2) is 67.3 Å². The molecule has 3 N–H and O–H groups in total. The zero-order valence-corrected chi connectivity index (χ0v) is 17.1. The van der Waals surface area contributed by atoms with Crippen molar-refractivity contribution in [2.24, 2.45) is 0 Å². The number of amides is 1. The number of imidazole rings is 1. The summed E-state index contributed by atoms with van der Waals surface area (Å²) in [4.78, 5) is 29.4. The Morgan fingerprint density at radius 3 is 2.42 bits per heavy atom. The lowest BCUT2D eigenvalue weighted by Crippen LogP contribution is -2.38. The van der Waals surface area contributed by atoms with Gasteiger partial charge in [-0.25, -0.2) is 4.98 Å². The van der Waals surface area contributed by atoms with Gasteiger partial charge in [-0.15, -0.1) is 0 Å². The van der Waals surface area contributed by atoms with Gasteiger partial charge in [0.1, 0.15) is 5.82 Å². The number of rotatable bonds is 3. The molecule has 5 aromatic rings. The van der Waals surface area contributed by atoms with Crippen LogP contribution in [0.3, 0.4) is 0 Å². The zero-order chi connectivity index (χ0) is 20.8. The molecule has 6 rings (SSSR count). The summed E-state index contributed by atoms with van der Waals surface area (Å²) in [5.41, 5.74) is 5.15. The third-order valence-corrected chi connectivity index (χ3v) is 6.50. The quantitative estimate of drug-likeness (QED) is 0.389. The second kappa shape index (κ2) is 7.16. The van der Waals surface area contributed by atoms with Gasteiger partial charge in [-0.05, 0) is 31.0 Å². The largest absolute Gasteiger partial charge is 0.361 e. The minimum absolute atomic E-state index is 0.100. The van der Waals surface area contributed by atoms with E-state index < -0.39 is 0 Å². The van der Waals surface area contributed by atoms with Gasteiger partial charge in [0.15, 0.2) is 0 Å². The number of aromatic amines is 3. The number of hydrogen-bond donors (Lipinski definition) is 3. The molecule has 1 amide bonds. The lowest BCUT2D eigenvalue weighted by atomic mass is 9.95. The van der Waals surface area contributed by atoms with Crippen molar-refractivity contribution in [1.82, 2.24) is 24.8 Å². The van der Waals surface area contributed by atoms with Crippen LogP contribution < -0.4 is 0 Å². The second-order valence-corrected chi connectivity index (χ2v) is 8.25. The summed E-state index contributed by atoms with van der Waals surface area (Å²) in [7, 11) is 0. The van der Waals surface area contributed by atoms with Crippen LogP contribution in [0.2, 0.25) is 0 Å². The molecule has 4 heterocycles. The number of carbonyl (C=O) groups excluding carboxylic acids is 1. The molecule has 0 saturated carbocycles. The molecule has 2 aromatic carbocycles. The van der Waals surface area contributed by atoms with Gasteiger partial charge in [0, 0.05) is 82.3 Å². The number of benzene rings is 2. The van der Waals surface area contributed by atoms with E-state index in [1.54, 1.807) is 6.20 Å². The van der Waals surface area contributed by atoms with Crippen LogP contribution in [-0.4, -0.2) is 43.8 Å². The highest BCUT2D eigenvalue weighted by molar-refractivity contribution is 6.06. The molecule has 1 saturated heterocycles. The van der Waals surface area contributed by atoms with Crippen molar-refractivity contribution in [1.29, 1.82) is 0 Å². The van der Waals surface area contributed by atoms with E-state index >= 15 is 0 Å². The third kappa shape index (κ3) is 3.03. The van der Waals surface area contributed by atoms with Gasteiger partial charge in [-0.1, -0.05) is 24.3 Å². The fourth-order valence-electron chi connectivity index (χ4n) is 4.82. The highest BCUT2D eigenvalue weighted by Gasteiger charge is 2.26. The predicted molar refractivity (Wildman–Crippen MR) is 122 cm³/mol. The van der Waals surface area contributed by atoms with Gasteiger partial charge in [0.05, 0.1) is 0 Å². The van der Waals surface area contributed by atoms with Gasteiger partial charge in [-0.3, -0.25) is 4.79 Å². The second-order valence-electron chi connectivity index (χ2n) is 8.25. The van der Waals surface area contributed by atoms with Crippen molar-refractivity contribution >= 4 is 27.7 Å². The standard InChI is InChI=1S/C25H23N5O/c31-25(30-11-7-16(8-12-30)24-26-9-10-27-24)17-5-6-19-21(15-29-23(19)13-17)20-14-28-22-4-2-1-3-18(20)22/h1-6,9-10,13-16,28-29H,7-8,11-12H2,(H,26,27). The van der Waals surface area contributed by atoms with Gasteiger partial charge in [-0.2, -0.15) is 0 Å². The van der Waals surface area contributed by atoms with Crippen LogP contribution in [0.4, 0.5) is 0 Å². The number of hydrogen-bond acceptors (Lipinski definition) is 2. The SMILES string of the molecule is O=C(c1ccc2c(-c3c[nH]c4ccccc34)c[nH]c2c1)N1CCC(c2ncc[nH]2)CC1. The Hall–Kier alpha value is -3.80. The van der Waals surface area contributed by atoms with Crippen LogP contribution in [-0.2, 0) is 0 Å². The van der Waals surface area contributed by atoms with Crippen LogP contribution in [0, 0.1) is 0 Å². The first-order valence-electron chi connectivity index (χ1n) is 10.7. The highest BCUT2D eigenvalue weighted by Crippen LogP contribution is 2.34. The molecular weight excluding hydrogens is 386 g/mol. The number of likely N-dealkylation sites (tertiary alicyclic amines) is 1. The molecule has 0 bridgehead atoms. The van der Waals surface area contributed by atoms with E-state index in [0.29, 0.717) is 5.92 Å². The molecule has 0 radical (unpaired) electrons. The number of para-hydroxylation sites is 1. The number of fused-ring (bicyclic) bond motifs is 2. The maximum atomic E-state index is 13.1. The molecule has 0 unspecified atom stereocenters. The van der Waals surface area contributed by atoms with Crippen molar-refractivity contribution in [3.05, 3.63) is 78.6 Å². The smallest absolute Gasteiger partial charge is 0.253 e. The zero-order valence-electron chi connectivity index (χ0n) is 17.1. The molecule has 31 heavy (non-hydrogen) atoms. The number of H-pyrrole nitrogens is 3.